The van der Waals surface area contributed by atoms with Crippen LogP contribution >= 0.6 is 0 Å². The average Bonchev–Trinajstić information content (AvgIpc) is 2.10. The van der Waals surface area contributed by atoms with E-state index in [1.54, 1.807) is 0 Å². The predicted octanol–water partition coefficient (Wildman–Crippen LogP) is 2.30. The maximum Gasteiger partial charge on any atom is 0.0625 e. The number of nitriles is 1. The van der Waals surface area contributed by atoms with Gasteiger partial charge in [-0.1, -0.05) is 20.3 Å². The van der Waals surface area contributed by atoms with E-state index in [1.807, 2.05) is 0 Å². The zero-order chi connectivity index (χ0) is 9.84. The summed E-state index contributed by atoms with van der Waals surface area (Å²) >= 11 is 0. The van der Waals surface area contributed by atoms with Gasteiger partial charge in [0, 0.05) is 12.5 Å². The highest BCUT2D eigenvalue weighted by atomic mass is 14.7. The monoisotopic (exact) mass is 180 g/mol. The van der Waals surface area contributed by atoms with E-state index in [-0.39, 0.29) is 6.04 Å². The minimum atomic E-state index is 0.262. The molecular weight excluding hydrogens is 160 g/mol. The third kappa shape index (κ3) is 2.45. The smallest absolute Gasteiger partial charge is 0.0625 e. The topological polar surface area (TPSA) is 49.8 Å². The zero-order valence-corrected chi connectivity index (χ0v) is 8.66. The van der Waals surface area contributed by atoms with Crippen molar-refractivity contribution >= 4 is 0 Å². The van der Waals surface area contributed by atoms with Crippen molar-refractivity contribution in [2.24, 2.45) is 23.5 Å². The highest BCUT2D eigenvalue weighted by Gasteiger charge is 2.31. The summed E-state index contributed by atoms with van der Waals surface area (Å²) in [6, 6.07) is 2.51. The molecule has 4 unspecified atom stereocenters. The lowest BCUT2D eigenvalue weighted by atomic mass is 9.70. The lowest BCUT2D eigenvalue weighted by Gasteiger charge is -2.37. The van der Waals surface area contributed by atoms with E-state index < -0.39 is 0 Å². The van der Waals surface area contributed by atoms with Crippen LogP contribution in [0.5, 0.6) is 0 Å². The maximum atomic E-state index is 8.66. The fourth-order valence-electron chi connectivity index (χ4n) is 2.53. The summed E-state index contributed by atoms with van der Waals surface area (Å²) in [6.45, 7) is 4.53. The molecule has 13 heavy (non-hydrogen) atoms. The first-order valence-corrected chi connectivity index (χ1v) is 5.31. The van der Waals surface area contributed by atoms with Crippen molar-refractivity contribution in [2.45, 2.75) is 45.6 Å². The second-order valence-corrected chi connectivity index (χ2v) is 4.40. The van der Waals surface area contributed by atoms with E-state index in [2.05, 4.69) is 19.9 Å². The van der Waals surface area contributed by atoms with Crippen molar-refractivity contribution in [3.05, 3.63) is 0 Å². The number of nitrogens with zero attached hydrogens (tertiary/aromatic N) is 1. The molecule has 4 atom stereocenters. The number of hydrogen-bond acceptors (Lipinski definition) is 2. The van der Waals surface area contributed by atoms with Gasteiger partial charge in [-0.15, -0.1) is 0 Å². The van der Waals surface area contributed by atoms with Crippen molar-refractivity contribution in [3.63, 3.8) is 0 Å². The summed E-state index contributed by atoms with van der Waals surface area (Å²) in [5, 5.41) is 8.66. The number of nitrogens with two attached hydrogens (primary N) is 1. The van der Waals surface area contributed by atoms with Crippen molar-refractivity contribution in [1.29, 1.82) is 5.26 Å². The molecular formula is C11H20N2. The van der Waals surface area contributed by atoms with Crippen LogP contribution in [0.4, 0.5) is 0 Å². The van der Waals surface area contributed by atoms with Crippen LogP contribution in [0.2, 0.25) is 0 Å². The lowest BCUT2D eigenvalue weighted by Crippen LogP contribution is -2.39. The summed E-state index contributed by atoms with van der Waals surface area (Å²) in [6.07, 6.45) is 4.14. The Balaban J connectivity index is 2.54. The molecule has 1 fully saturated rings. The first kappa shape index (κ1) is 10.5. The molecule has 0 amide bonds. The third-order valence-electron chi connectivity index (χ3n) is 3.54. The molecule has 0 aromatic carbocycles. The predicted molar refractivity (Wildman–Crippen MR) is 53.9 cm³/mol. The fraction of sp³-hybridized carbons (Fsp3) is 0.909. The summed E-state index contributed by atoms with van der Waals surface area (Å²) < 4.78 is 0. The van der Waals surface area contributed by atoms with Gasteiger partial charge in [-0.05, 0) is 30.6 Å². The molecule has 1 saturated carbocycles. The SMILES string of the molecule is CCC1CC(CC#N)C(N)CC1C. The Hall–Kier alpha value is -0.550. The summed E-state index contributed by atoms with van der Waals surface area (Å²) in [4.78, 5) is 0. The van der Waals surface area contributed by atoms with E-state index in [1.165, 1.54) is 6.42 Å². The van der Waals surface area contributed by atoms with Gasteiger partial charge in [0.25, 0.3) is 0 Å². The molecule has 2 heteroatoms. The van der Waals surface area contributed by atoms with E-state index in [9.17, 15) is 0 Å². The molecule has 1 rings (SSSR count). The highest BCUT2D eigenvalue weighted by molar-refractivity contribution is 4.90. The van der Waals surface area contributed by atoms with Gasteiger partial charge in [0.2, 0.25) is 0 Å². The van der Waals surface area contributed by atoms with Gasteiger partial charge in [-0.25, -0.2) is 0 Å². The van der Waals surface area contributed by atoms with Crippen LogP contribution in [0.1, 0.15) is 39.5 Å². The molecule has 2 nitrogen and oxygen atoms in total. The van der Waals surface area contributed by atoms with Crippen LogP contribution in [0, 0.1) is 29.1 Å². The van der Waals surface area contributed by atoms with Crippen LogP contribution in [-0.4, -0.2) is 6.04 Å². The Kier molecular flexibility index (Phi) is 3.74. The van der Waals surface area contributed by atoms with Crippen molar-refractivity contribution in [1.82, 2.24) is 0 Å². The molecule has 1 aliphatic carbocycles. The van der Waals surface area contributed by atoms with E-state index in [4.69, 9.17) is 11.0 Å². The van der Waals surface area contributed by atoms with Crippen LogP contribution in [0.15, 0.2) is 0 Å². The first-order chi connectivity index (χ1) is 6.19. The average molecular weight is 180 g/mol. The minimum Gasteiger partial charge on any atom is -0.327 e. The van der Waals surface area contributed by atoms with Crippen LogP contribution < -0.4 is 5.73 Å². The quantitative estimate of drug-likeness (QED) is 0.709. The number of rotatable bonds is 2. The molecule has 0 aromatic heterocycles. The van der Waals surface area contributed by atoms with Gasteiger partial charge >= 0.3 is 0 Å². The summed E-state index contributed by atoms with van der Waals surface area (Å²) in [5.41, 5.74) is 6.02. The molecule has 2 N–H and O–H groups in total. The maximum absolute atomic E-state index is 8.66. The van der Waals surface area contributed by atoms with Gasteiger partial charge in [0.1, 0.15) is 0 Å². The van der Waals surface area contributed by atoms with Gasteiger partial charge in [0.15, 0.2) is 0 Å². The van der Waals surface area contributed by atoms with Crippen LogP contribution in [0.25, 0.3) is 0 Å². The van der Waals surface area contributed by atoms with E-state index >= 15 is 0 Å². The fourth-order valence-corrected chi connectivity index (χ4v) is 2.53. The standard InChI is InChI=1S/C11H20N2/c1-3-9-7-10(4-5-12)11(13)6-8(9)2/h8-11H,3-4,6-7,13H2,1-2H3. The van der Waals surface area contributed by atoms with Crippen molar-refractivity contribution in [3.8, 4) is 6.07 Å². The first-order valence-electron chi connectivity index (χ1n) is 5.31. The number of hydrogen-bond donors (Lipinski definition) is 1. The second kappa shape index (κ2) is 4.62. The summed E-state index contributed by atoms with van der Waals surface area (Å²) in [5.74, 6) is 1.99. The lowest BCUT2D eigenvalue weighted by molar-refractivity contribution is 0.165. The highest BCUT2D eigenvalue weighted by Crippen LogP contribution is 2.36. The largest absolute Gasteiger partial charge is 0.327 e. The molecule has 0 radical (unpaired) electrons. The van der Waals surface area contributed by atoms with Gasteiger partial charge in [-0.3, -0.25) is 0 Å². The zero-order valence-electron chi connectivity index (χ0n) is 8.66. The van der Waals surface area contributed by atoms with Gasteiger partial charge in [-0.2, -0.15) is 5.26 Å². The molecule has 0 bridgehead atoms. The molecule has 0 spiro atoms. The Labute approximate surface area is 81.1 Å². The second-order valence-electron chi connectivity index (χ2n) is 4.40. The van der Waals surface area contributed by atoms with Crippen LogP contribution in [-0.2, 0) is 0 Å². The van der Waals surface area contributed by atoms with Gasteiger partial charge < -0.3 is 5.73 Å². The normalized spacial score (nSPS) is 39.8. The Morgan fingerprint density at radius 1 is 1.38 bits per heavy atom. The van der Waals surface area contributed by atoms with Crippen molar-refractivity contribution in [2.75, 3.05) is 0 Å². The molecule has 1 aliphatic rings. The Bertz CT molecular complexity index is 195. The van der Waals surface area contributed by atoms with E-state index in [0.29, 0.717) is 12.3 Å². The van der Waals surface area contributed by atoms with Crippen molar-refractivity contribution < 1.29 is 0 Å². The molecule has 0 aliphatic heterocycles. The van der Waals surface area contributed by atoms with Crippen LogP contribution in [0.3, 0.4) is 0 Å². The molecule has 74 valence electrons. The van der Waals surface area contributed by atoms with Gasteiger partial charge in [0.05, 0.1) is 6.07 Å². The molecule has 0 saturated heterocycles. The summed E-state index contributed by atoms with van der Waals surface area (Å²) in [7, 11) is 0. The van der Waals surface area contributed by atoms with E-state index in [0.717, 1.165) is 24.7 Å². The minimum absolute atomic E-state index is 0.262. The molecule has 0 heterocycles. The molecule has 0 aromatic rings. The Morgan fingerprint density at radius 3 is 2.62 bits per heavy atom. The third-order valence-corrected chi connectivity index (χ3v) is 3.54. The Morgan fingerprint density at radius 2 is 2.08 bits per heavy atom.